The first-order chi connectivity index (χ1) is 9.08. The maximum absolute atomic E-state index is 10.3. The van der Waals surface area contributed by atoms with Gasteiger partial charge in [0.05, 0.1) is 6.10 Å². The topological polar surface area (TPSA) is 36.4 Å². The molecule has 19 heavy (non-hydrogen) atoms. The lowest BCUT2D eigenvalue weighted by molar-refractivity contribution is -0.0136. The predicted molar refractivity (Wildman–Crippen MR) is 77.9 cm³/mol. The van der Waals surface area contributed by atoms with Gasteiger partial charge in [0.2, 0.25) is 0 Å². The molecule has 1 heterocycles. The molecule has 3 nitrogen and oxygen atoms in total. The van der Waals surface area contributed by atoms with Crippen molar-refractivity contribution in [3.63, 3.8) is 0 Å². The maximum atomic E-state index is 10.3. The summed E-state index contributed by atoms with van der Waals surface area (Å²) in [6, 6.07) is 6.33. The van der Waals surface area contributed by atoms with Crippen LogP contribution in [0.5, 0.6) is 0 Å². The largest absolute Gasteiger partial charge is 0.391 e. The first-order valence-electron chi connectivity index (χ1n) is 7.36. The van der Waals surface area contributed by atoms with Gasteiger partial charge in [0, 0.05) is 30.9 Å². The first-order valence-corrected chi connectivity index (χ1v) is 7.36. The summed E-state index contributed by atoms with van der Waals surface area (Å²) in [5.74, 6) is 1.21. The fraction of sp³-hybridized carbons (Fsp3) is 0.688. The van der Waals surface area contributed by atoms with Gasteiger partial charge >= 0.3 is 0 Å². The number of nitrogens with zero attached hydrogens (tertiary/aromatic N) is 2. The van der Waals surface area contributed by atoms with Gasteiger partial charge in [-0.05, 0) is 43.9 Å². The first kappa shape index (κ1) is 14.5. The molecule has 0 bridgehead atoms. The molecule has 0 amide bonds. The number of aliphatic hydroxyl groups excluding tert-OH is 1. The van der Waals surface area contributed by atoms with E-state index in [4.69, 9.17) is 0 Å². The highest BCUT2D eigenvalue weighted by molar-refractivity contribution is 5.04. The van der Waals surface area contributed by atoms with Crippen LogP contribution in [-0.4, -0.2) is 40.7 Å². The zero-order chi connectivity index (χ0) is 13.8. The Hall–Kier alpha value is -0.930. The van der Waals surface area contributed by atoms with E-state index in [1.54, 1.807) is 0 Å². The Morgan fingerprint density at radius 2 is 2.11 bits per heavy atom. The summed E-state index contributed by atoms with van der Waals surface area (Å²) in [5.41, 5.74) is 1.13. The summed E-state index contributed by atoms with van der Waals surface area (Å²) in [5, 5.41) is 10.3. The molecule has 4 unspecified atom stereocenters. The molecule has 1 aromatic heterocycles. The quantitative estimate of drug-likeness (QED) is 0.905. The van der Waals surface area contributed by atoms with Gasteiger partial charge in [0.25, 0.3) is 0 Å². The Balaban J connectivity index is 1.90. The van der Waals surface area contributed by atoms with Gasteiger partial charge in [0.1, 0.15) is 0 Å². The number of hydrogen-bond acceptors (Lipinski definition) is 3. The number of aliphatic hydroxyl groups is 1. The minimum absolute atomic E-state index is 0.188. The molecule has 3 heteroatoms. The monoisotopic (exact) mass is 262 g/mol. The fourth-order valence-corrected chi connectivity index (χ4v) is 3.52. The van der Waals surface area contributed by atoms with Crippen molar-refractivity contribution in [2.75, 3.05) is 13.6 Å². The number of likely N-dealkylation sites (N-methyl/N-ethyl adjacent to an activating group) is 1. The third-order valence-corrected chi connectivity index (χ3v) is 4.35. The third-order valence-electron chi connectivity index (χ3n) is 4.35. The smallest absolute Gasteiger partial charge is 0.0700 e. The summed E-state index contributed by atoms with van der Waals surface area (Å²) >= 11 is 0. The molecule has 4 atom stereocenters. The van der Waals surface area contributed by atoms with Crippen molar-refractivity contribution in [1.29, 1.82) is 0 Å². The molecular weight excluding hydrogens is 236 g/mol. The number of pyridine rings is 1. The molecule has 0 aromatic carbocycles. The van der Waals surface area contributed by atoms with Crippen molar-refractivity contribution in [2.45, 2.75) is 45.3 Å². The average Bonchev–Trinajstić information content (AvgIpc) is 2.36. The van der Waals surface area contributed by atoms with Crippen LogP contribution in [0.15, 0.2) is 24.4 Å². The molecule has 1 N–H and O–H groups in total. The second-order valence-electron chi connectivity index (χ2n) is 6.16. The van der Waals surface area contributed by atoms with Crippen LogP contribution in [0.3, 0.4) is 0 Å². The van der Waals surface area contributed by atoms with E-state index < -0.39 is 0 Å². The molecule has 2 rings (SSSR count). The van der Waals surface area contributed by atoms with E-state index in [9.17, 15) is 5.11 Å². The van der Waals surface area contributed by atoms with Gasteiger partial charge in [0.15, 0.2) is 0 Å². The van der Waals surface area contributed by atoms with E-state index in [0.717, 1.165) is 25.1 Å². The van der Waals surface area contributed by atoms with Gasteiger partial charge in [-0.15, -0.1) is 0 Å². The maximum Gasteiger partial charge on any atom is 0.0700 e. The number of rotatable bonds is 4. The molecule has 0 radical (unpaired) electrons. The van der Waals surface area contributed by atoms with Crippen LogP contribution >= 0.6 is 0 Å². The third kappa shape index (κ3) is 3.77. The summed E-state index contributed by atoms with van der Waals surface area (Å²) in [4.78, 5) is 6.67. The van der Waals surface area contributed by atoms with Crippen molar-refractivity contribution >= 4 is 0 Å². The minimum atomic E-state index is -0.188. The molecular formula is C16H26N2O. The fourth-order valence-electron chi connectivity index (χ4n) is 3.52. The molecule has 1 aromatic rings. The highest BCUT2D eigenvalue weighted by Gasteiger charge is 2.35. The lowest BCUT2D eigenvalue weighted by Crippen LogP contribution is -2.50. The number of hydrogen-bond donors (Lipinski definition) is 1. The van der Waals surface area contributed by atoms with Crippen LogP contribution in [0.4, 0.5) is 0 Å². The Bertz CT molecular complexity index is 370. The van der Waals surface area contributed by atoms with Crippen molar-refractivity contribution in [3.05, 3.63) is 30.1 Å². The molecule has 1 saturated carbocycles. The number of aromatic nitrogens is 1. The van der Waals surface area contributed by atoms with Crippen molar-refractivity contribution in [1.82, 2.24) is 9.88 Å². The van der Waals surface area contributed by atoms with E-state index in [1.807, 2.05) is 18.3 Å². The molecule has 0 aliphatic heterocycles. The van der Waals surface area contributed by atoms with Gasteiger partial charge in [-0.3, -0.25) is 4.98 Å². The molecule has 0 spiro atoms. The van der Waals surface area contributed by atoms with Gasteiger partial charge < -0.3 is 10.0 Å². The van der Waals surface area contributed by atoms with E-state index >= 15 is 0 Å². The van der Waals surface area contributed by atoms with E-state index in [0.29, 0.717) is 17.9 Å². The van der Waals surface area contributed by atoms with Gasteiger partial charge in [-0.2, -0.15) is 0 Å². The predicted octanol–water partition coefficient (Wildman–Crippen LogP) is 2.35. The lowest BCUT2D eigenvalue weighted by atomic mass is 9.77. The molecule has 1 aliphatic carbocycles. The molecule has 1 aliphatic rings. The lowest BCUT2D eigenvalue weighted by Gasteiger charge is -2.42. The zero-order valence-electron chi connectivity index (χ0n) is 12.3. The Morgan fingerprint density at radius 1 is 1.32 bits per heavy atom. The van der Waals surface area contributed by atoms with Crippen LogP contribution in [0, 0.1) is 11.8 Å². The Labute approximate surface area is 116 Å². The Kier molecular flexibility index (Phi) is 4.94. The summed E-state index contributed by atoms with van der Waals surface area (Å²) in [6.07, 6.45) is 4.75. The van der Waals surface area contributed by atoms with Crippen molar-refractivity contribution < 1.29 is 5.11 Å². The highest BCUT2D eigenvalue weighted by Crippen LogP contribution is 2.31. The summed E-state index contributed by atoms with van der Waals surface area (Å²) in [7, 11) is 2.13. The minimum Gasteiger partial charge on any atom is -0.391 e. The van der Waals surface area contributed by atoms with Crippen LogP contribution in [0.2, 0.25) is 0 Å². The van der Waals surface area contributed by atoms with Crippen molar-refractivity contribution in [2.24, 2.45) is 11.8 Å². The van der Waals surface area contributed by atoms with E-state index in [1.165, 1.54) is 6.42 Å². The Morgan fingerprint density at radius 3 is 2.74 bits per heavy atom. The second-order valence-corrected chi connectivity index (χ2v) is 6.16. The second kappa shape index (κ2) is 6.49. The van der Waals surface area contributed by atoms with Crippen LogP contribution in [0.25, 0.3) is 0 Å². The summed E-state index contributed by atoms with van der Waals surface area (Å²) in [6.45, 7) is 5.46. The molecule has 106 valence electrons. The van der Waals surface area contributed by atoms with Crippen molar-refractivity contribution in [3.8, 4) is 0 Å². The van der Waals surface area contributed by atoms with Gasteiger partial charge in [-0.25, -0.2) is 0 Å². The van der Waals surface area contributed by atoms with E-state index in [2.05, 4.69) is 36.8 Å². The SMILES string of the molecule is CC1CC(C)C(N(C)CCc2ccccn2)C(O)C1. The van der Waals surface area contributed by atoms with Crippen LogP contribution < -0.4 is 0 Å². The zero-order valence-corrected chi connectivity index (χ0v) is 12.3. The molecule has 0 saturated heterocycles. The highest BCUT2D eigenvalue weighted by atomic mass is 16.3. The summed E-state index contributed by atoms with van der Waals surface area (Å²) < 4.78 is 0. The van der Waals surface area contributed by atoms with Crippen LogP contribution in [0.1, 0.15) is 32.4 Å². The molecule has 1 fully saturated rings. The average molecular weight is 262 g/mol. The standard InChI is InChI=1S/C16H26N2O/c1-12-10-13(2)16(15(19)11-12)18(3)9-7-14-6-4-5-8-17-14/h4-6,8,12-13,15-16,19H,7,9-11H2,1-3H3. The van der Waals surface area contributed by atoms with E-state index in [-0.39, 0.29) is 6.10 Å². The van der Waals surface area contributed by atoms with Gasteiger partial charge in [-0.1, -0.05) is 19.9 Å². The normalized spacial score (nSPS) is 31.6. The van der Waals surface area contributed by atoms with Crippen LogP contribution in [-0.2, 0) is 6.42 Å².